The zero-order chi connectivity index (χ0) is 11.0. The van der Waals surface area contributed by atoms with Crippen LogP contribution in [0.5, 0.6) is 0 Å². The number of carbonyl (C=O) groups excluding carboxylic acids is 1. The lowest BCUT2D eigenvalue weighted by atomic mass is 9.83. The molecule has 2 bridgehead atoms. The van der Waals surface area contributed by atoms with Crippen molar-refractivity contribution in [3.05, 3.63) is 12.2 Å². The summed E-state index contributed by atoms with van der Waals surface area (Å²) in [5, 5.41) is 9.08. The van der Waals surface area contributed by atoms with E-state index in [-0.39, 0.29) is 17.8 Å². The second-order valence-electron chi connectivity index (χ2n) is 4.09. The lowest BCUT2D eigenvalue weighted by Gasteiger charge is -2.22. The van der Waals surface area contributed by atoms with E-state index >= 15 is 0 Å². The maximum atomic E-state index is 11.6. The molecule has 4 atom stereocenters. The van der Waals surface area contributed by atoms with Crippen LogP contribution in [0, 0.1) is 23.7 Å². The quantitative estimate of drug-likeness (QED) is 0.559. The zero-order valence-corrected chi connectivity index (χ0v) is 8.55. The second kappa shape index (κ2) is 3.68. The van der Waals surface area contributed by atoms with Crippen molar-refractivity contribution in [1.29, 1.82) is 0 Å². The van der Waals surface area contributed by atoms with E-state index in [9.17, 15) is 9.59 Å². The average Bonchev–Trinajstić information content (AvgIpc) is 2.76. The lowest BCUT2D eigenvalue weighted by molar-refractivity contribution is -0.158. The fourth-order valence-corrected chi connectivity index (χ4v) is 2.72. The van der Waals surface area contributed by atoms with Gasteiger partial charge in [0.15, 0.2) is 0 Å². The highest BCUT2D eigenvalue weighted by Crippen LogP contribution is 2.48. The number of hydrogen-bond acceptors (Lipinski definition) is 3. The molecule has 0 aromatic carbocycles. The van der Waals surface area contributed by atoms with Gasteiger partial charge in [-0.2, -0.15) is 0 Å². The third-order valence-electron chi connectivity index (χ3n) is 3.30. The molecule has 0 aliphatic heterocycles. The molecule has 4 heteroatoms. The predicted molar refractivity (Wildman–Crippen MR) is 52.0 cm³/mol. The fourth-order valence-electron chi connectivity index (χ4n) is 2.72. The summed E-state index contributed by atoms with van der Waals surface area (Å²) in [4.78, 5) is 22.7. The topological polar surface area (TPSA) is 63.6 Å². The third kappa shape index (κ3) is 1.54. The Morgan fingerprint density at radius 1 is 1.33 bits per heavy atom. The van der Waals surface area contributed by atoms with Gasteiger partial charge in [0.1, 0.15) is 0 Å². The highest BCUT2D eigenvalue weighted by molar-refractivity contribution is 5.83. The molecule has 0 aromatic rings. The number of carboxylic acids is 1. The number of aliphatic carboxylic acids is 1. The van der Waals surface area contributed by atoms with Crippen molar-refractivity contribution in [3.63, 3.8) is 0 Å². The van der Waals surface area contributed by atoms with Crippen LogP contribution in [0.15, 0.2) is 12.2 Å². The van der Waals surface area contributed by atoms with Gasteiger partial charge in [0.25, 0.3) is 0 Å². The Bertz CT molecular complexity index is 321. The normalized spacial score (nSPS) is 36.9. The number of rotatable bonds is 3. The summed E-state index contributed by atoms with van der Waals surface area (Å²) in [6.45, 7) is 2.04. The average molecular weight is 210 g/mol. The van der Waals surface area contributed by atoms with Crippen LogP contribution in [0.25, 0.3) is 0 Å². The van der Waals surface area contributed by atoms with E-state index in [2.05, 4.69) is 0 Å². The molecular formula is C11H14O4. The Balaban J connectivity index is 2.19. The van der Waals surface area contributed by atoms with Crippen molar-refractivity contribution < 1.29 is 19.4 Å². The molecule has 0 radical (unpaired) electrons. The molecule has 2 unspecified atom stereocenters. The van der Waals surface area contributed by atoms with Gasteiger partial charge >= 0.3 is 11.9 Å². The van der Waals surface area contributed by atoms with Gasteiger partial charge in [-0.3, -0.25) is 9.59 Å². The van der Waals surface area contributed by atoms with E-state index in [1.807, 2.05) is 12.2 Å². The first-order valence-electron chi connectivity index (χ1n) is 5.23. The van der Waals surface area contributed by atoms with E-state index in [0.29, 0.717) is 6.61 Å². The van der Waals surface area contributed by atoms with Crippen molar-refractivity contribution in [2.45, 2.75) is 13.3 Å². The van der Waals surface area contributed by atoms with Crippen LogP contribution in [0.2, 0.25) is 0 Å². The molecule has 0 heterocycles. The van der Waals surface area contributed by atoms with Crippen LogP contribution in [0.3, 0.4) is 0 Å². The summed E-state index contributed by atoms with van der Waals surface area (Å²) in [7, 11) is 0. The van der Waals surface area contributed by atoms with Gasteiger partial charge in [-0.25, -0.2) is 0 Å². The third-order valence-corrected chi connectivity index (χ3v) is 3.30. The van der Waals surface area contributed by atoms with Crippen LogP contribution in [-0.2, 0) is 14.3 Å². The Hall–Kier alpha value is -1.32. The Morgan fingerprint density at radius 3 is 2.47 bits per heavy atom. The minimum atomic E-state index is -0.884. The Morgan fingerprint density at radius 2 is 1.93 bits per heavy atom. The van der Waals surface area contributed by atoms with Gasteiger partial charge in [-0.1, -0.05) is 12.2 Å². The first-order valence-corrected chi connectivity index (χ1v) is 5.23. The smallest absolute Gasteiger partial charge is 0.310 e. The monoisotopic (exact) mass is 210 g/mol. The predicted octanol–water partition coefficient (Wildman–Crippen LogP) is 1.07. The van der Waals surface area contributed by atoms with Gasteiger partial charge in [-0.15, -0.1) is 0 Å². The van der Waals surface area contributed by atoms with E-state index < -0.39 is 17.8 Å². The Labute approximate surface area is 87.9 Å². The first-order chi connectivity index (χ1) is 7.15. The maximum absolute atomic E-state index is 11.6. The molecule has 0 amide bonds. The van der Waals surface area contributed by atoms with E-state index in [0.717, 1.165) is 6.42 Å². The first kappa shape index (κ1) is 10.2. The van der Waals surface area contributed by atoms with Gasteiger partial charge < -0.3 is 9.84 Å². The van der Waals surface area contributed by atoms with Crippen molar-refractivity contribution in [3.8, 4) is 0 Å². The summed E-state index contributed by atoms with van der Waals surface area (Å²) in [6.07, 6.45) is 4.64. The van der Waals surface area contributed by atoms with Crippen LogP contribution in [-0.4, -0.2) is 23.7 Å². The SMILES string of the molecule is CCOC(=O)[C@@H]1C2C=CC(C2)[C@H]1C(=O)O. The van der Waals surface area contributed by atoms with Crippen LogP contribution >= 0.6 is 0 Å². The molecule has 1 N–H and O–H groups in total. The van der Waals surface area contributed by atoms with Crippen molar-refractivity contribution >= 4 is 11.9 Å². The van der Waals surface area contributed by atoms with Crippen LogP contribution in [0.4, 0.5) is 0 Å². The number of fused-ring (bicyclic) bond motifs is 2. The van der Waals surface area contributed by atoms with E-state index in [1.54, 1.807) is 6.92 Å². The molecular weight excluding hydrogens is 196 g/mol. The van der Waals surface area contributed by atoms with Gasteiger partial charge in [0.05, 0.1) is 18.4 Å². The van der Waals surface area contributed by atoms with Crippen LogP contribution < -0.4 is 0 Å². The molecule has 1 fully saturated rings. The van der Waals surface area contributed by atoms with Crippen molar-refractivity contribution in [2.75, 3.05) is 6.61 Å². The molecule has 0 spiro atoms. The fraction of sp³-hybridized carbons (Fsp3) is 0.636. The van der Waals surface area contributed by atoms with E-state index in [1.165, 1.54) is 0 Å². The molecule has 82 valence electrons. The van der Waals surface area contributed by atoms with Crippen LogP contribution in [0.1, 0.15) is 13.3 Å². The van der Waals surface area contributed by atoms with Gasteiger partial charge in [0.2, 0.25) is 0 Å². The van der Waals surface area contributed by atoms with Gasteiger partial charge in [-0.05, 0) is 25.2 Å². The number of hydrogen-bond donors (Lipinski definition) is 1. The molecule has 2 rings (SSSR count). The summed E-state index contributed by atoms with van der Waals surface area (Å²) in [5.41, 5.74) is 0. The molecule has 4 nitrogen and oxygen atoms in total. The Kier molecular flexibility index (Phi) is 2.50. The second-order valence-corrected chi connectivity index (χ2v) is 4.09. The summed E-state index contributed by atoms with van der Waals surface area (Å²) >= 11 is 0. The van der Waals surface area contributed by atoms with E-state index in [4.69, 9.17) is 9.84 Å². The standard InChI is InChI=1S/C11H14O4/c1-2-15-11(14)9-7-4-3-6(5-7)8(9)10(12)13/h3-4,6-9H,2,5H2,1H3,(H,12,13)/t6?,7?,8-,9-/m1/s1. The molecule has 2 aliphatic carbocycles. The molecule has 2 aliphatic rings. The minimum Gasteiger partial charge on any atom is -0.481 e. The molecule has 1 saturated carbocycles. The highest BCUT2D eigenvalue weighted by Gasteiger charge is 2.52. The molecule has 15 heavy (non-hydrogen) atoms. The summed E-state index contributed by atoms with van der Waals surface area (Å²) in [6, 6.07) is 0. The number of carbonyl (C=O) groups is 2. The number of esters is 1. The summed E-state index contributed by atoms with van der Waals surface area (Å²) < 4.78 is 4.92. The lowest BCUT2D eigenvalue weighted by Crippen LogP contribution is -2.34. The highest BCUT2D eigenvalue weighted by atomic mass is 16.5. The summed E-state index contributed by atoms with van der Waals surface area (Å²) in [5.74, 6) is -2.22. The van der Waals surface area contributed by atoms with Crippen molar-refractivity contribution in [1.82, 2.24) is 0 Å². The van der Waals surface area contributed by atoms with Gasteiger partial charge in [0, 0.05) is 0 Å². The molecule has 0 saturated heterocycles. The molecule has 0 aromatic heterocycles. The number of allylic oxidation sites excluding steroid dienone is 2. The maximum Gasteiger partial charge on any atom is 0.310 e. The largest absolute Gasteiger partial charge is 0.481 e. The number of carboxylic acid groups (broad SMARTS) is 1. The minimum absolute atomic E-state index is 0.0157. The van der Waals surface area contributed by atoms with Crippen molar-refractivity contribution in [2.24, 2.45) is 23.7 Å². The number of ether oxygens (including phenoxy) is 1. The zero-order valence-electron chi connectivity index (χ0n) is 8.55.